The van der Waals surface area contributed by atoms with Gasteiger partial charge in [-0.1, -0.05) is 41.5 Å². The molecule has 1 aliphatic rings. The minimum Gasteiger partial charge on any atom is -0.459 e. The Kier molecular flexibility index (Phi) is 7.80. The van der Waals surface area contributed by atoms with Crippen LogP contribution in [-0.4, -0.2) is 48.7 Å². The smallest absolute Gasteiger partial charge is 0.338 e. The quantitative estimate of drug-likeness (QED) is 0.187. The highest BCUT2D eigenvalue weighted by Gasteiger charge is 2.59. The highest BCUT2D eigenvalue weighted by molar-refractivity contribution is 5.90. The molecule has 0 spiro atoms. The number of hydrogen-bond acceptors (Lipinski definition) is 8. The van der Waals surface area contributed by atoms with Crippen molar-refractivity contribution in [2.24, 2.45) is 10.8 Å². The predicted molar refractivity (Wildman–Crippen MR) is 115 cm³/mol. The molecule has 1 amide bonds. The van der Waals surface area contributed by atoms with Gasteiger partial charge in [-0.3, -0.25) is 4.79 Å². The zero-order valence-corrected chi connectivity index (χ0v) is 17.6. The van der Waals surface area contributed by atoms with E-state index in [9.17, 15) is 14.4 Å². The van der Waals surface area contributed by atoms with Crippen molar-refractivity contribution in [3.8, 4) is 0 Å². The number of ether oxygens (including phenoxy) is 3. The van der Waals surface area contributed by atoms with Crippen molar-refractivity contribution in [1.29, 1.82) is 0 Å². The minimum absolute atomic E-state index is 0.137. The number of carbonyl (C=O) groups excluding carboxylic acids is 3. The summed E-state index contributed by atoms with van der Waals surface area (Å²) in [4.78, 5) is 38.5. The molecule has 0 unspecified atom stereocenters. The summed E-state index contributed by atoms with van der Waals surface area (Å²) >= 11 is 0. The van der Waals surface area contributed by atoms with Crippen LogP contribution in [0.3, 0.4) is 0 Å². The summed E-state index contributed by atoms with van der Waals surface area (Å²) in [6.45, 7) is -0.816. The fraction of sp³-hybridized carbons (Fsp3) is 0.227. The number of hydrogen-bond donors (Lipinski definition) is 2. The molecule has 11 nitrogen and oxygen atoms in total. The van der Waals surface area contributed by atoms with Crippen molar-refractivity contribution in [2.45, 2.75) is 24.2 Å². The van der Waals surface area contributed by atoms with Crippen LogP contribution >= 0.6 is 0 Å². The maximum atomic E-state index is 15.6. The van der Waals surface area contributed by atoms with Gasteiger partial charge in [-0.25, -0.2) is 14.0 Å². The van der Waals surface area contributed by atoms with Crippen molar-refractivity contribution in [3.05, 3.63) is 94.5 Å². The van der Waals surface area contributed by atoms with Gasteiger partial charge in [0.25, 0.3) is 0 Å². The van der Waals surface area contributed by atoms with Gasteiger partial charge in [-0.2, -0.15) is 0 Å². The maximum absolute atomic E-state index is 15.6. The van der Waals surface area contributed by atoms with Crippen LogP contribution in [0, 0.1) is 0 Å². The van der Waals surface area contributed by atoms with E-state index >= 15 is 4.39 Å². The molecule has 34 heavy (non-hydrogen) atoms. The lowest BCUT2D eigenvalue weighted by Gasteiger charge is -2.24. The number of halogens is 1. The number of nitrogens with one attached hydrogen (secondary N) is 1. The molecule has 0 aromatic heterocycles. The van der Waals surface area contributed by atoms with Crippen molar-refractivity contribution >= 4 is 17.8 Å². The standard InChI is InChI=1S/C22H20FN5O6/c23-18-17(33-21(31)15-9-5-2-6-10-15)19(26-12-11-16(24)29)34-22(18,27-28-25)13-32-20(30)14-7-3-1-4-8-14/h1-12,17-19,26H,13H2,(H2,24,29)/b12-11-/t17-,18+,19-,22-/m1/s1. The van der Waals surface area contributed by atoms with Gasteiger partial charge in [-0.05, 0) is 29.8 Å². The number of alkyl halides is 1. The SMILES string of the molecule is [N-]=[N+]=N[C@]1(COC(=O)c2ccccc2)O[C@@H](N/C=C\C(N)=O)[C@H](OC(=O)c2ccccc2)[C@@H]1F. The first kappa shape index (κ1) is 24.2. The zero-order chi connectivity index (χ0) is 24.6. The first-order chi connectivity index (χ1) is 16.4. The van der Waals surface area contributed by atoms with Crippen LogP contribution in [0.1, 0.15) is 20.7 Å². The van der Waals surface area contributed by atoms with Crippen LogP contribution in [0.15, 0.2) is 78.1 Å². The lowest BCUT2D eigenvalue weighted by Crippen LogP contribution is -2.44. The Morgan fingerprint density at radius 2 is 1.71 bits per heavy atom. The first-order valence-corrected chi connectivity index (χ1v) is 9.94. The Balaban J connectivity index is 1.85. The zero-order valence-electron chi connectivity index (χ0n) is 17.6. The lowest BCUT2D eigenvalue weighted by molar-refractivity contribution is -0.113. The fourth-order valence-corrected chi connectivity index (χ4v) is 3.13. The van der Waals surface area contributed by atoms with Gasteiger partial charge in [0.1, 0.15) is 6.61 Å². The molecule has 0 bridgehead atoms. The van der Waals surface area contributed by atoms with E-state index in [4.69, 9.17) is 25.5 Å². The van der Waals surface area contributed by atoms with Crippen molar-refractivity contribution in [2.75, 3.05) is 6.61 Å². The molecule has 176 valence electrons. The van der Waals surface area contributed by atoms with Gasteiger partial charge in [-0.15, -0.1) is 0 Å². The number of amides is 1. The van der Waals surface area contributed by atoms with E-state index in [1.165, 1.54) is 24.3 Å². The number of primary amides is 1. The number of benzene rings is 2. The summed E-state index contributed by atoms with van der Waals surface area (Å²) in [7, 11) is 0. The average molecular weight is 469 g/mol. The number of nitrogens with two attached hydrogens (primary N) is 1. The van der Waals surface area contributed by atoms with Crippen LogP contribution in [0.4, 0.5) is 4.39 Å². The molecule has 0 saturated carbocycles. The van der Waals surface area contributed by atoms with Crippen LogP contribution in [0.2, 0.25) is 0 Å². The Morgan fingerprint density at radius 1 is 1.12 bits per heavy atom. The molecule has 3 N–H and O–H groups in total. The van der Waals surface area contributed by atoms with Gasteiger partial charge in [0.15, 0.2) is 18.5 Å². The van der Waals surface area contributed by atoms with Crippen LogP contribution < -0.4 is 11.1 Å². The highest BCUT2D eigenvalue weighted by atomic mass is 19.1. The van der Waals surface area contributed by atoms with E-state index < -0.39 is 48.7 Å². The average Bonchev–Trinajstić information content (AvgIpc) is 3.09. The summed E-state index contributed by atoms with van der Waals surface area (Å²) < 4.78 is 31.6. The molecule has 0 aliphatic carbocycles. The predicted octanol–water partition coefficient (Wildman–Crippen LogP) is 2.36. The van der Waals surface area contributed by atoms with Gasteiger partial charge in [0.05, 0.1) is 11.1 Å². The summed E-state index contributed by atoms with van der Waals surface area (Å²) in [5, 5.41) is 5.92. The molecule has 1 fully saturated rings. The Hall–Kier alpha value is -4.41. The summed E-state index contributed by atoms with van der Waals surface area (Å²) in [5.41, 5.74) is 12.0. The number of nitrogens with zero attached hydrogens (tertiary/aromatic N) is 3. The summed E-state index contributed by atoms with van der Waals surface area (Å²) in [6.07, 6.45) is -3.33. The van der Waals surface area contributed by atoms with E-state index in [2.05, 4.69) is 15.3 Å². The molecule has 4 atom stereocenters. The molecule has 2 aromatic rings. The molecule has 3 rings (SSSR count). The number of carbonyl (C=O) groups is 3. The van der Waals surface area contributed by atoms with E-state index in [0.717, 1.165) is 12.3 Å². The largest absolute Gasteiger partial charge is 0.459 e. The number of esters is 2. The van der Waals surface area contributed by atoms with Gasteiger partial charge < -0.3 is 25.3 Å². The molecule has 1 saturated heterocycles. The fourth-order valence-electron chi connectivity index (χ4n) is 3.13. The van der Waals surface area contributed by atoms with E-state index in [-0.39, 0.29) is 11.1 Å². The highest BCUT2D eigenvalue weighted by Crippen LogP contribution is 2.37. The monoisotopic (exact) mass is 469 g/mol. The molecular formula is C22H20FN5O6. The molecule has 1 aliphatic heterocycles. The number of azide groups is 1. The van der Waals surface area contributed by atoms with E-state index in [1.54, 1.807) is 36.4 Å². The topological polar surface area (TPSA) is 166 Å². The van der Waals surface area contributed by atoms with E-state index in [0.29, 0.717) is 0 Å². The maximum Gasteiger partial charge on any atom is 0.338 e. The minimum atomic E-state index is -2.36. The molecule has 0 radical (unpaired) electrons. The van der Waals surface area contributed by atoms with Gasteiger partial charge in [0.2, 0.25) is 11.6 Å². The number of rotatable bonds is 9. The Morgan fingerprint density at radius 3 is 2.26 bits per heavy atom. The third kappa shape index (κ3) is 5.68. The van der Waals surface area contributed by atoms with Gasteiger partial charge >= 0.3 is 11.9 Å². The molecule has 2 aromatic carbocycles. The van der Waals surface area contributed by atoms with Crippen LogP contribution in [-0.2, 0) is 19.0 Å². The first-order valence-electron chi connectivity index (χ1n) is 9.94. The molecular weight excluding hydrogens is 449 g/mol. The second kappa shape index (κ2) is 10.9. The van der Waals surface area contributed by atoms with Crippen LogP contribution in [0.25, 0.3) is 10.4 Å². The van der Waals surface area contributed by atoms with E-state index in [1.807, 2.05) is 0 Å². The summed E-state index contributed by atoms with van der Waals surface area (Å²) in [5.74, 6) is -2.49. The Labute approximate surface area is 192 Å². The third-order valence-corrected chi connectivity index (χ3v) is 4.74. The van der Waals surface area contributed by atoms with Gasteiger partial charge in [0, 0.05) is 17.2 Å². The third-order valence-electron chi connectivity index (χ3n) is 4.74. The second-order valence-corrected chi connectivity index (χ2v) is 7.05. The Bertz CT molecular complexity index is 1110. The molecule has 12 heteroatoms. The van der Waals surface area contributed by atoms with Crippen LogP contribution in [0.5, 0.6) is 0 Å². The lowest BCUT2D eigenvalue weighted by atomic mass is 10.1. The molecule has 1 heterocycles. The van der Waals surface area contributed by atoms with Crippen molar-refractivity contribution in [3.63, 3.8) is 0 Å². The normalized spacial score (nSPS) is 23.6. The van der Waals surface area contributed by atoms with Crippen molar-refractivity contribution < 1.29 is 33.0 Å². The summed E-state index contributed by atoms with van der Waals surface area (Å²) in [6, 6.07) is 15.6. The second-order valence-electron chi connectivity index (χ2n) is 7.05. The van der Waals surface area contributed by atoms with Crippen molar-refractivity contribution in [1.82, 2.24) is 5.32 Å².